The monoisotopic (exact) mass is 238 g/mol. The third-order valence-corrected chi connectivity index (χ3v) is 2.67. The molecule has 1 rings (SSSR count). The minimum Gasteiger partial charge on any atom is -0.478 e. The summed E-state index contributed by atoms with van der Waals surface area (Å²) in [5, 5.41) is 0. The lowest BCUT2D eigenvalue weighted by molar-refractivity contribution is 0.325. The van der Waals surface area contributed by atoms with E-state index in [0.717, 1.165) is 12.1 Å². The fraction of sp³-hybridized carbons (Fsp3) is 0.667. The van der Waals surface area contributed by atoms with Gasteiger partial charge in [0.1, 0.15) is 0 Å². The van der Waals surface area contributed by atoms with Crippen LogP contribution in [0.4, 0.5) is 5.95 Å². The van der Waals surface area contributed by atoms with Crippen LogP contribution in [0.3, 0.4) is 0 Å². The van der Waals surface area contributed by atoms with Gasteiger partial charge >= 0.3 is 0 Å². The zero-order valence-electron chi connectivity index (χ0n) is 11.1. The maximum Gasteiger partial charge on any atom is 0.228 e. The van der Waals surface area contributed by atoms with Gasteiger partial charge in [0.25, 0.3) is 0 Å². The van der Waals surface area contributed by atoms with Gasteiger partial charge in [0.15, 0.2) is 0 Å². The van der Waals surface area contributed by atoms with E-state index in [9.17, 15) is 0 Å². The zero-order valence-corrected chi connectivity index (χ0v) is 11.1. The Labute approximate surface area is 103 Å². The summed E-state index contributed by atoms with van der Waals surface area (Å²) in [7, 11) is 1.98. The standard InChI is InChI=1S/C12H22N4O/c1-5-17-11-8-9(2)14-12(15-11)16(4)10(3)6-7-13/h8,10H,5-7,13H2,1-4H3. The van der Waals surface area contributed by atoms with E-state index in [1.807, 2.05) is 31.9 Å². The van der Waals surface area contributed by atoms with E-state index in [2.05, 4.69) is 16.9 Å². The van der Waals surface area contributed by atoms with Crippen molar-refractivity contribution < 1.29 is 4.74 Å². The molecule has 0 radical (unpaired) electrons. The van der Waals surface area contributed by atoms with Crippen molar-refractivity contribution in [3.63, 3.8) is 0 Å². The van der Waals surface area contributed by atoms with Crippen molar-refractivity contribution in [2.45, 2.75) is 33.2 Å². The van der Waals surface area contributed by atoms with Gasteiger partial charge in [-0.1, -0.05) is 0 Å². The molecule has 2 N–H and O–H groups in total. The van der Waals surface area contributed by atoms with Gasteiger partial charge in [-0.3, -0.25) is 0 Å². The zero-order chi connectivity index (χ0) is 12.8. The van der Waals surface area contributed by atoms with Crippen LogP contribution in [0.15, 0.2) is 6.07 Å². The predicted octanol–water partition coefficient (Wildman–Crippen LogP) is 1.36. The largest absolute Gasteiger partial charge is 0.478 e. The van der Waals surface area contributed by atoms with Crippen molar-refractivity contribution in [1.29, 1.82) is 0 Å². The number of aryl methyl sites for hydroxylation is 1. The average Bonchev–Trinajstić information content (AvgIpc) is 2.28. The summed E-state index contributed by atoms with van der Waals surface area (Å²) >= 11 is 0. The summed E-state index contributed by atoms with van der Waals surface area (Å²) < 4.78 is 5.41. The molecule has 0 saturated heterocycles. The average molecular weight is 238 g/mol. The molecule has 0 fully saturated rings. The van der Waals surface area contributed by atoms with Crippen molar-refractivity contribution in [2.75, 3.05) is 25.1 Å². The lowest BCUT2D eigenvalue weighted by Gasteiger charge is -2.24. The molecule has 0 aliphatic rings. The highest BCUT2D eigenvalue weighted by molar-refractivity contribution is 5.34. The number of rotatable bonds is 6. The molecule has 1 heterocycles. The van der Waals surface area contributed by atoms with Crippen LogP contribution in [0.2, 0.25) is 0 Å². The van der Waals surface area contributed by atoms with E-state index in [0.29, 0.717) is 31.0 Å². The number of anilines is 1. The van der Waals surface area contributed by atoms with Crippen molar-refractivity contribution in [2.24, 2.45) is 5.73 Å². The minimum absolute atomic E-state index is 0.316. The van der Waals surface area contributed by atoms with Gasteiger partial charge in [-0.05, 0) is 33.7 Å². The first-order chi connectivity index (χ1) is 8.08. The van der Waals surface area contributed by atoms with E-state index in [-0.39, 0.29) is 0 Å². The van der Waals surface area contributed by atoms with Crippen molar-refractivity contribution in [3.05, 3.63) is 11.8 Å². The Balaban J connectivity index is 2.88. The maximum absolute atomic E-state index is 5.56. The van der Waals surface area contributed by atoms with Gasteiger partial charge in [-0.25, -0.2) is 4.98 Å². The van der Waals surface area contributed by atoms with Crippen LogP contribution in [-0.2, 0) is 0 Å². The molecule has 1 aromatic heterocycles. The van der Waals surface area contributed by atoms with Gasteiger partial charge in [-0.2, -0.15) is 4.98 Å². The Morgan fingerprint density at radius 2 is 2.18 bits per heavy atom. The first-order valence-corrected chi connectivity index (χ1v) is 5.99. The molecule has 0 bridgehead atoms. The summed E-state index contributed by atoms with van der Waals surface area (Å²) in [5.41, 5.74) is 6.47. The molecule has 0 spiro atoms. The van der Waals surface area contributed by atoms with Crippen LogP contribution in [0.5, 0.6) is 5.88 Å². The van der Waals surface area contributed by atoms with Crippen LogP contribution in [0.25, 0.3) is 0 Å². The minimum atomic E-state index is 0.316. The molecule has 96 valence electrons. The smallest absolute Gasteiger partial charge is 0.228 e. The first kappa shape index (κ1) is 13.7. The molecule has 0 saturated carbocycles. The van der Waals surface area contributed by atoms with Crippen molar-refractivity contribution in [3.8, 4) is 5.88 Å². The molecule has 1 unspecified atom stereocenters. The third-order valence-electron chi connectivity index (χ3n) is 2.67. The summed E-state index contributed by atoms with van der Waals surface area (Å²) in [4.78, 5) is 10.8. The Hall–Kier alpha value is -1.36. The summed E-state index contributed by atoms with van der Waals surface area (Å²) in [6.45, 7) is 7.26. The van der Waals surface area contributed by atoms with Crippen molar-refractivity contribution >= 4 is 5.95 Å². The van der Waals surface area contributed by atoms with Gasteiger partial charge < -0.3 is 15.4 Å². The van der Waals surface area contributed by atoms with Crippen LogP contribution in [0.1, 0.15) is 26.0 Å². The quantitative estimate of drug-likeness (QED) is 0.810. The summed E-state index contributed by atoms with van der Waals surface area (Å²) in [5.74, 6) is 1.32. The SMILES string of the molecule is CCOc1cc(C)nc(N(C)C(C)CCN)n1. The van der Waals surface area contributed by atoms with Gasteiger partial charge in [0.2, 0.25) is 11.8 Å². The second-order valence-electron chi connectivity index (χ2n) is 4.12. The fourth-order valence-electron chi connectivity index (χ4n) is 1.54. The maximum atomic E-state index is 5.56. The Morgan fingerprint density at radius 3 is 2.76 bits per heavy atom. The molecule has 1 atom stereocenters. The van der Waals surface area contributed by atoms with Crippen LogP contribution >= 0.6 is 0 Å². The van der Waals surface area contributed by atoms with Gasteiger partial charge in [0.05, 0.1) is 6.61 Å². The molecule has 1 aromatic rings. The van der Waals surface area contributed by atoms with E-state index in [1.165, 1.54) is 0 Å². The number of ether oxygens (including phenoxy) is 1. The lowest BCUT2D eigenvalue weighted by atomic mass is 10.2. The molecule has 17 heavy (non-hydrogen) atoms. The molecule has 5 nitrogen and oxygen atoms in total. The molecular weight excluding hydrogens is 216 g/mol. The highest BCUT2D eigenvalue weighted by Crippen LogP contribution is 2.16. The Bertz CT molecular complexity index is 356. The third kappa shape index (κ3) is 3.85. The molecule has 0 aliphatic carbocycles. The number of nitrogens with zero attached hydrogens (tertiary/aromatic N) is 3. The first-order valence-electron chi connectivity index (χ1n) is 5.99. The Kier molecular flexibility index (Phi) is 5.15. The second-order valence-corrected chi connectivity index (χ2v) is 4.12. The van der Waals surface area contributed by atoms with Crippen LogP contribution in [-0.4, -0.2) is 36.2 Å². The van der Waals surface area contributed by atoms with Crippen molar-refractivity contribution in [1.82, 2.24) is 9.97 Å². The molecule has 0 aromatic carbocycles. The van der Waals surface area contributed by atoms with Crippen LogP contribution in [0, 0.1) is 6.92 Å². The van der Waals surface area contributed by atoms with Crippen LogP contribution < -0.4 is 15.4 Å². The predicted molar refractivity (Wildman–Crippen MR) is 69.5 cm³/mol. The molecule has 0 aliphatic heterocycles. The number of aromatic nitrogens is 2. The fourth-order valence-corrected chi connectivity index (χ4v) is 1.54. The van der Waals surface area contributed by atoms with Gasteiger partial charge in [-0.15, -0.1) is 0 Å². The number of nitrogens with two attached hydrogens (primary N) is 1. The molecule has 0 amide bonds. The number of hydrogen-bond acceptors (Lipinski definition) is 5. The van der Waals surface area contributed by atoms with E-state index < -0.39 is 0 Å². The van der Waals surface area contributed by atoms with E-state index in [4.69, 9.17) is 10.5 Å². The molecular formula is C12H22N4O. The topological polar surface area (TPSA) is 64.3 Å². The highest BCUT2D eigenvalue weighted by Gasteiger charge is 2.13. The Morgan fingerprint density at radius 1 is 1.47 bits per heavy atom. The van der Waals surface area contributed by atoms with Gasteiger partial charge in [0, 0.05) is 24.8 Å². The lowest BCUT2D eigenvalue weighted by Crippen LogP contribution is -2.32. The summed E-state index contributed by atoms with van der Waals surface area (Å²) in [6.07, 6.45) is 0.914. The normalized spacial score (nSPS) is 12.3. The van der Waals surface area contributed by atoms with E-state index >= 15 is 0 Å². The summed E-state index contributed by atoms with van der Waals surface area (Å²) in [6, 6.07) is 2.16. The molecule has 5 heteroatoms. The number of hydrogen-bond donors (Lipinski definition) is 1. The second kappa shape index (κ2) is 6.39. The highest BCUT2D eigenvalue weighted by atomic mass is 16.5. The van der Waals surface area contributed by atoms with E-state index in [1.54, 1.807) is 0 Å².